The van der Waals surface area contributed by atoms with Gasteiger partial charge in [-0.3, -0.25) is 24.3 Å². The Morgan fingerprint density at radius 3 is 2.52 bits per heavy atom. The van der Waals surface area contributed by atoms with Gasteiger partial charge in [0.1, 0.15) is 0 Å². The Kier molecular flexibility index (Phi) is 7.54. The molecule has 2 amide bonds. The second kappa shape index (κ2) is 11.1. The van der Waals surface area contributed by atoms with Gasteiger partial charge in [-0.05, 0) is 86.7 Å². The molecular weight excluding hydrogens is 548 g/mol. The first kappa shape index (κ1) is 27.2. The maximum Gasteiger partial charge on any atom is 0.290 e. The van der Waals surface area contributed by atoms with Gasteiger partial charge in [0, 0.05) is 57.8 Å². The maximum absolute atomic E-state index is 12.0. The van der Waals surface area contributed by atoms with E-state index in [9.17, 15) is 9.59 Å². The summed E-state index contributed by atoms with van der Waals surface area (Å²) in [7, 11) is 0. The first-order valence-corrected chi connectivity index (χ1v) is 15.2. The molecule has 1 aromatic carbocycles. The number of carbonyl (C=O) groups is 3. The van der Waals surface area contributed by atoms with Crippen molar-refractivity contribution in [2.24, 2.45) is 5.92 Å². The number of amides is 2. The zero-order valence-electron chi connectivity index (χ0n) is 22.2. The number of carboxylic acid groups (broad SMARTS) is 1. The molecule has 5 aliphatic rings. The fraction of sp³-hybridized carbons (Fsp3) is 0.467. The molecule has 10 heteroatoms. The molecule has 2 aliphatic carbocycles. The Hall–Kier alpha value is -3.01. The molecule has 8 rings (SSSR count). The third kappa shape index (κ3) is 5.22. The van der Waals surface area contributed by atoms with E-state index in [2.05, 4.69) is 21.7 Å². The Morgan fingerprint density at radius 2 is 1.88 bits per heavy atom. The molecule has 2 saturated heterocycles. The molecule has 2 saturated carbocycles. The van der Waals surface area contributed by atoms with Gasteiger partial charge in [-0.15, -0.1) is 11.3 Å². The normalized spacial score (nSPS) is 23.3. The van der Waals surface area contributed by atoms with Crippen LogP contribution in [-0.2, 0) is 20.9 Å². The van der Waals surface area contributed by atoms with Crippen LogP contribution >= 0.6 is 22.9 Å². The van der Waals surface area contributed by atoms with Crippen LogP contribution in [0, 0.1) is 5.92 Å². The molecule has 0 bridgehead atoms. The molecule has 3 aromatic rings. The summed E-state index contributed by atoms with van der Waals surface area (Å²) in [5.74, 6) is 1.17. The van der Waals surface area contributed by atoms with Gasteiger partial charge in [0.2, 0.25) is 11.8 Å². The number of fused-ring (bicyclic) bond motifs is 4. The third-order valence-electron chi connectivity index (χ3n) is 8.86. The summed E-state index contributed by atoms with van der Waals surface area (Å²) in [4.78, 5) is 39.2. The van der Waals surface area contributed by atoms with Gasteiger partial charge in [0.15, 0.2) is 0 Å². The Labute approximate surface area is 242 Å². The molecule has 3 N–H and O–H groups in total. The number of nitrogens with one attached hydrogen (secondary N) is 2. The number of imide groups is 1. The predicted molar refractivity (Wildman–Crippen MR) is 157 cm³/mol. The molecule has 2 atom stereocenters. The van der Waals surface area contributed by atoms with Gasteiger partial charge >= 0.3 is 0 Å². The van der Waals surface area contributed by atoms with E-state index in [4.69, 9.17) is 21.5 Å². The maximum atomic E-state index is 12.0. The fourth-order valence-corrected chi connectivity index (χ4v) is 7.91. The number of likely N-dealkylation sites (tertiary alicyclic amines) is 1. The number of hydrogen-bond acceptors (Lipinski definition) is 7. The standard InChI is InChI=1S/C22H18ClN3O2S.C7H13N.CH2O2/c23-12-6-16(21-17(7-12)15-5-11(15)9-25-21)14-3-4-24-18-8-13(29-22(14)18)10-26-19(27)1-2-20(26)28;1-3-7(4-1)5-2-6-8-7;2-1-3/h3-4,6-8,11,15,25H,1-2,5,9-10H2;8H,1-6H2;1H,(H,2,3). The molecule has 8 nitrogen and oxygen atoms in total. The number of rotatable bonds is 3. The van der Waals surface area contributed by atoms with Crippen molar-refractivity contribution in [2.45, 2.75) is 69.4 Å². The second-order valence-corrected chi connectivity index (χ2v) is 12.9. The second-order valence-electron chi connectivity index (χ2n) is 11.3. The Balaban J connectivity index is 0.000000220. The molecule has 0 radical (unpaired) electrons. The fourth-order valence-electron chi connectivity index (χ4n) is 6.55. The summed E-state index contributed by atoms with van der Waals surface area (Å²) in [6, 6.07) is 8.14. The first-order chi connectivity index (χ1) is 19.4. The highest BCUT2D eigenvalue weighted by Gasteiger charge is 2.43. The minimum absolute atomic E-state index is 0.0901. The summed E-state index contributed by atoms with van der Waals surface area (Å²) >= 11 is 8.09. The first-order valence-electron chi connectivity index (χ1n) is 14.0. The van der Waals surface area contributed by atoms with Gasteiger partial charge < -0.3 is 15.7 Å². The van der Waals surface area contributed by atoms with Crippen LogP contribution in [-0.4, -0.2) is 51.9 Å². The number of anilines is 1. The van der Waals surface area contributed by atoms with Gasteiger partial charge in [-0.2, -0.15) is 0 Å². The summed E-state index contributed by atoms with van der Waals surface area (Å²) in [5, 5.41) is 14.8. The van der Waals surface area contributed by atoms with Crippen molar-refractivity contribution >= 4 is 57.1 Å². The number of pyridine rings is 1. The number of thiophene rings is 1. The lowest BCUT2D eigenvalue weighted by molar-refractivity contribution is -0.139. The van der Waals surface area contributed by atoms with Crippen molar-refractivity contribution in [2.75, 3.05) is 18.4 Å². The van der Waals surface area contributed by atoms with Crippen LogP contribution < -0.4 is 10.6 Å². The number of nitrogens with zero attached hydrogens (tertiary/aromatic N) is 2. The van der Waals surface area contributed by atoms with Crippen molar-refractivity contribution in [1.29, 1.82) is 0 Å². The quantitative estimate of drug-likeness (QED) is 0.266. The lowest BCUT2D eigenvalue weighted by Gasteiger charge is -2.38. The van der Waals surface area contributed by atoms with E-state index in [1.165, 1.54) is 61.2 Å². The van der Waals surface area contributed by atoms with Crippen LogP contribution in [0.5, 0.6) is 0 Å². The minimum atomic E-state index is -0.250. The van der Waals surface area contributed by atoms with Crippen LogP contribution in [0.2, 0.25) is 5.02 Å². The van der Waals surface area contributed by atoms with Crippen LogP contribution in [0.1, 0.15) is 67.7 Å². The van der Waals surface area contributed by atoms with Crippen molar-refractivity contribution in [3.8, 4) is 11.1 Å². The smallest absolute Gasteiger partial charge is 0.290 e. The number of carbonyl (C=O) groups excluding carboxylic acids is 2. The lowest BCUT2D eigenvalue weighted by atomic mass is 9.76. The van der Waals surface area contributed by atoms with Crippen molar-refractivity contribution in [3.05, 3.63) is 45.9 Å². The number of aromatic nitrogens is 1. The average molecular weight is 581 g/mol. The van der Waals surface area contributed by atoms with E-state index >= 15 is 0 Å². The van der Waals surface area contributed by atoms with E-state index in [1.54, 1.807) is 11.3 Å². The van der Waals surface area contributed by atoms with Crippen LogP contribution in [0.25, 0.3) is 21.3 Å². The SMILES string of the molecule is C1CNC2(C1)CCC2.O=C1CCC(=O)N1Cc1cc2nccc(-c3cc(Cl)cc4c3NCC3CC43)c2s1.O=CO. The number of hydrogen-bond donors (Lipinski definition) is 3. The van der Waals surface area contributed by atoms with Crippen molar-refractivity contribution in [1.82, 2.24) is 15.2 Å². The van der Waals surface area contributed by atoms with E-state index in [0.717, 1.165) is 43.7 Å². The topological polar surface area (TPSA) is 112 Å². The van der Waals surface area contributed by atoms with Gasteiger partial charge in [-0.25, -0.2) is 0 Å². The monoisotopic (exact) mass is 580 g/mol. The van der Waals surface area contributed by atoms with E-state index in [1.807, 2.05) is 24.4 Å². The molecule has 4 fully saturated rings. The highest BCUT2D eigenvalue weighted by Crippen LogP contribution is 2.55. The third-order valence-corrected chi connectivity index (χ3v) is 10.2. The summed E-state index contributed by atoms with van der Waals surface area (Å²) in [6.07, 6.45) is 10.9. The zero-order chi connectivity index (χ0) is 27.9. The van der Waals surface area contributed by atoms with Gasteiger partial charge in [0.25, 0.3) is 6.47 Å². The number of halogens is 1. The Bertz CT molecular complexity index is 1450. The van der Waals surface area contributed by atoms with Crippen LogP contribution in [0.4, 0.5) is 5.69 Å². The zero-order valence-corrected chi connectivity index (χ0v) is 23.8. The molecule has 3 aliphatic heterocycles. The Morgan fingerprint density at radius 1 is 1.12 bits per heavy atom. The van der Waals surface area contributed by atoms with E-state index in [0.29, 0.717) is 30.8 Å². The number of benzene rings is 1. The lowest BCUT2D eigenvalue weighted by Crippen LogP contribution is -2.45. The molecule has 40 heavy (non-hydrogen) atoms. The summed E-state index contributed by atoms with van der Waals surface area (Å²) in [6.45, 7) is 2.36. The molecule has 210 valence electrons. The van der Waals surface area contributed by atoms with Crippen molar-refractivity contribution < 1.29 is 19.5 Å². The average Bonchev–Trinajstić information content (AvgIpc) is 3.21. The summed E-state index contributed by atoms with van der Waals surface area (Å²) in [5.41, 5.74) is 6.25. The predicted octanol–water partition coefficient (Wildman–Crippen LogP) is 5.79. The largest absolute Gasteiger partial charge is 0.483 e. The molecule has 2 unspecified atom stereocenters. The molecule has 2 aromatic heterocycles. The van der Waals surface area contributed by atoms with Crippen LogP contribution in [0.15, 0.2) is 30.5 Å². The van der Waals surface area contributed by atoms with Crippen LogP contribution in [0.3, 0.4) is 0 Å². The minimum Gasteiger partial charge on any atom is -0.483 e. The van der Waals surface area contributed by atoms with E-state index in [-0.39, 0.29) is 18.3 Å². The highest BCUT2D eigenvalue weighted by molar-refractivity contribution is 7.19. The molecule has 5 heterocycles. The summed E-state index contributed by atoms with van der Waals surface area (Å²) < 4.78 is 1.06. The molecular formula is C30H33ClN4O4S. The van der Waals surface area contributed by atoms with Gasteiger partial charge in [0.05, 0.1) is 16.8 Å². The van der Waals surface area contributed by atoms with Gasteiger partial charge in [-0.1, -0.05) is 11.6 Å². The van der Waals surface area contributed by atoms with E-state index < -0.39 is 0 Å². The molecule has 1 spiro atoms. The van der Waals surface area contributed by atoms with Crippen molar-refractivity contribution in [3.63, 3.8) is 0 Å². The highest BCUT2D eigenvalue weighted by atomic mass is 35.5.